The Labute approximate surface area is 171 Å². The average Bonchev–Trinajstić information content (AvgIpc) is 2.69. The van der Waals surface area contributed by atoms with E-state index in [4.69, 9.17) is 0 Å². The minimum absolute atomic E-state index is 0.0378. The quantitative estimate of drug-likeness (QED) is 0.613. The monoisotopic (exact) mass is 386 g/mol. The number of unbranched alkanes of at least 4 members (excludes halogenated alkanes) is 1. The molecule has 2 rings (SSSR count). The number of hydrogen-bond donors (Lipinski definition) is 0. The Morgan fingerprint density at radius 3 is 2.36 bits per heavy atom. The summed E-state index contributed by atoms with van der Waals surface area (Å²) >= 11 is 0. The molecule has 1 saturated heterocycles. The molecule has 156 valence electrons. The fourth-order valence-corrected chi connectivity index (χ4v) is 3.74. The van der Waals surface area contributed by atoms with Gasteiger partial charge in [0.25, 0.3) is 5.91 Å². The Hall–Kier alpha value is -1.84. The molecule has 0 bridgehead atoms. The highest BCUT2D eigenvalue weighted by Gasteiger charge is 2.23. The van der Waals surface area contributed by atoms with Crippen molar-refractivity contribution >= 4 is 11.8 Å². The van der Waals surface area contributed by atoms with Crippen molar-refractivity contribution in [2.24, 2.45) is 11.8 Å². The Bertz CT molecular complexity index is 616. The van der Waals surface area contributed by atoms with Crippen LogP contribution < -0.4 is 0 Å². The fourth-order valence-electron chi connectivity index (χ4n) is 3.74. The molecule has 0 saturated carbocycles. The summed E-state index contributed by atoms with van der Waals surface area (Å²) in [5.41, 5.74) is 2.00. The number of carbonyl (C=O) groups is 2. The van der Waals surface area contributed by atoms with Crippen molar-refractivity contribution in [2.75, 3.05) is 26.2 Å². The molecule has 4 nitrogen and oxygen atoms in total. The number of amides is 2. The van der Waals surface area contributed by atoms with Gasteiger partial charge in [-0.3, -0.25) is 9.59 Å². The van der Waals surface area contributed by atoms with Crippen molar-refractivity contribution in [1.82, 2.24) is 9.80 Å². The van der Waals surface area contributed by atoms with Crippen molar-refractivity contribution in [3.05, 3.63) is 35.4 Å². The standard InChI is InChI=1S/C24H38N2O2/c1-5-6-7-21-8-10-22(11-9-21)24(28)26(18-19(2)3)17-14-23(27)25-15-12-20(4)13-16-25/h8-11,19-20H,5-7,12-18H2,1-4H3. The molecule has 0 radical (unpaired) electrons. The largest absolute Gasteiger partial charge is 0.343 e. The summed E-state index contributed by atoms with van der Waals surface area (Å²) in [6.45, 7) is 11.6. The molecule has 0 aliphatic carbocycles. The third-order valence-electron chi connectivity index (χ3n) is 5.62. The molecule has 0 unspecified atom stereocenters. The van der Waals surface area contributed by atoms with Gasteiger partial charge in [0.15, 0.2) is 0 Å². The third kappa shape index (κ3) is 6.96. The molecule has 4 heteroatoms. The lowest BCUT2D eigenvalue weighted by molar-refractivity contribution is -0.132. The number of rotatable bonds is 9. The van der Waals surface area contributed by atoms with Crippen LogP contribution in [0.3, 0.4) is 0 Å². The molecule has 2 amide bonds. The summed E-state index contributed by atoms with van der Waals surface area (Å²) < 4.78 is 0. The van der Waals surface area contributed by atoms with Gasteiger partial charge in [-0.2, -0.15) is 0 Å². The molecule has 0 spiro atoms. The zero-order chi connectivity index (χ0) is 20.5. The van der Waals surface area contributed by atoms with E-state index in [0.717, 1.165) is 37.9 Å². The molecule has 0 N–H and O–H groups in total. The number of likely N-dealkylation sites (tertiary alicyclic amines) is 1. The Kier molecular flexibility index (Phi) is 9.01. The fraction of sp³-hybridized carbons (Fsp3) is 0.667. The van der Waals surface area contributed by atoms with E-state index in [2.05, 4.69) is 39.8 Å². The van der Waals surface area contributed by atoms with Crippen molar-refractivity contribution in [3.63, 3.8) is 0 Å². The number of aryl methyl sites for hydroxylation is 1. The van der Waals surface area contributed by atoms with Gasteiger partial charge in [-0.25, -0.2) is 0 Å². The molecule has 1 aliphatic heterocycles. The molecular weight excluding hydrogens is 348 g/mol. The summed E-state index contributed by atoms with van der Waals surface area (Å²) in [4.78, 5) is 29.5. The second-order valence-corrected chi connectivity index (χ2v) is 8.76. The minimum Gasteiger partial charge on any atom is -0.343 e. The Morgan fingerprint density at radius 1 is 1.14 bits per heavy atom. The number of nitrogens with zero attached hydrogens (tertiary/aromatic N) is 2. The van der Waals surface area contributed by atoms with Crippen LogP contribution in [0.15, 0.2) is 24.3 Å². The lowest BCUT2D eigenvalue weighted by atomic mass is 9.99. The van der Waals surface area contributed by atoms with E-state index < -0.39 is 0 Å². The van der Waals surface area contributed by atoms with Crippen molar-refractivity contribution in [3.8, 4) is 0 Å². The summed E-state index contributed by atoms with van der Waals surface area (Å²) in [6.07, 6.45) is 6.00. The van der Waals surface area contributed by atoms with Gasteiger partial charge in [-0.05, 0) is 55.2 Å². The molecule has 0 atom stereocenters. The second kappa shape index (κ2) is 11.2. The van der Waals surface area contributed by atoms with E-state index in [0.29, 0.717) is 31.3 Å². The molecule has 1 fully saturated rings. The summed E-state index contributed by atoms with van der Waals surface area (Å²) in [7, 11) is 0. The molecule has 1 aromatic carbocycles. The van der Waals surface area contributed by atoms with Gasteiger partial charge in [0.1, 0.15) is 0 Å². The van der Waals surface area contributed by atoms with Crippen LogP contribution in [0.4, 0.5) is 0 Å². The van der Waals surface area contributed by atoms with Crippen LogP contribution in [0.1, 0.15) is 75.7 Å². The van der Waals surface area contributed by atoms with Gasteiger partial charge < -0.3 is 9.80 Å². The molecule has 28 heavy (non-hydrogen) atoms. The van der Waals surface area contributed by atoms with Crippen molar-refractivity contribution in [1.29, 1.82) is 0 Å². The summed E-state index contributed by atoms with van der Waals surface area (Å²) in [5, 5.41) is 0. The van der Waals surface area contributed by atoms with E-state index >= 15 is 0 Å². The van der Waals surface area contributed by atoms with Crippen LogP contribution in [-0.2, 0) is 11.2 Å². The summed E-state index contributed by atoms with van der Waals surface area (Å²) in [6, 6.07) is 8.01. The lowest BCUT2D eigenvalue weighted by Gasteiger charge is -2.31. The Balaban J connectivity index is 1.95. The highest BCUT2D eigenvalue weighted by molar-refractivity contribution is 5.94. The van der Waals surface area contributed by atoms with Gasteiger partial charge in [0.05, 0.1) is 0 Å². The smallest absolute Gasteiger partial charge is 0.253 e. The topological polar surface area (TPSA) is 40.6 Å². The normalized spacial score (nSPS) is 15.1. The number of piperidine rings is 1. The van der Waals surface area contributed by atoms with Gasteiger partial charge in [-0.15, -0.1) is 0 Å². The first-order valence-corrected chi connectivity index (χ1v) is 11.1. The van der Waals surface area contributed by atoms with Crippen LogP contribution >= 0.6 is 0 Å². The van der Waals surface area contributed by atoms with Gasteiger partial charge in [0, 0.05) is 38.2 Å². The number of benzene rings is 1. The predicted octanol–water partition coefficient (Wildman–Crippen LogP) is 4.78. The molecule has 1 aromatic rings. The molecule has 1 aliphatic rings. The van der Waals surface area contributed by atoms with Gasteiger partial charge in [-0.1, -0.05) is 46.2 Å². The maximum absolute atomic E-state index is 13.0. The van der Waals surface area contributed by atoms with E-state index in [-0.39, 0.29) is 11.8 Å². The lowest BCUT2D eigenvalue weighted by Crippen LogP contribution is -2.41. The van der Waals surface area contributed by atoms with Crippen LogP contribution in [-0.4, -0.2) is 47.8 Å². The highest BCUT2D eigenvalue weighted by Crippen LogP contribution is 2.17. The zero-order valence-corrected chi connectivity index (χ0v) is 18.2. The van der Waals surface area contributed by atoms with Crippen molar-refractivity contribution in [2.45, 2.75) is 66.2 Å². The summed E-state index contributed by atoms with van der Waals surface area (Å²) in [5.74, 6) is 1.31. The highest BCUT2D eigenvalue weighted by atomic mass is 16.2. The zero-order valence-electron chi connectivity index (χ0n) is 18.2. The predicted molar refractivity (Wildman–Crippen MR) is 115 cm³/mol. The number of hydrogen-bond acceptors (Lipinski definition) is 2. The average molecular weight is 387 g/mol. The molecular formula is C24H38N2O2. The SMILES string of the molecule is CCCCc1ccc(C(=O)N(CCC(=O)N2CCC(C)CC2)CC(C)C)cc1. The molecule has 0 aromatic heterocycles. The van der Waals surface area contributed by atoms with Gasteiger partial charge in [0.2, 0.25) is 5.91 Å². The van der Waals surface area contributed by atoms with Crippen LogP contribution in [0.2, 0.25) is 0 Å². The Morgan fingerprint density at radius 2 is 1.79 bits per heavy atom. The number of carbonyl (C=O) groups excluding carboxylic acids is 2. The first-order chi connectivity index (χ1) is 13.4. The van der Waals surface area contributed by atoms with E-state index in [9.17, 15) is 9.59 Å². The van der Waals surface area contributed by atoms with E-state index in [1.807, 2.05) is 21.9 Å². The third-order valence-corrected chi connectivity index (χ3v) is 5.62. The second-order valence-electron chi connectivity index (χ2n) is 8.76. The van der Waals surface area contributed by atoms with Gasteiger partial charge >= 0.3 is 0 Å². The van der Waals surface area contributed by atoms with Crippen LogP contribution in [0, 0.1) is 11.8 Å². The minimum atomic E-state index is 0.0378. The molecule has 1 heterocycles. The maximum atomic E-state index is 13.0. The first-order valence-electron chi connectivity index (χ1n) is 11.1. The van der Waals surface area contributed by atoms with E-state index in [1.165, 1.54) is 18.4 Å². The maximum Gasteiger partial charge on any atom is 0.253 e. The van der Waals surface area contributed by atoms with E-state index in [1.54, 1.807) is 0 Å². The first kappa shape index (κ1) is 22.4. The van der Waals surface area contributed by atoms with Crippen LogP contribution in [0.5, 0.6) is 0 Å². The van der Waals surface area contributed by atoms with Crippen LogP contribution in [0.25, 0.3) is 0 Å². The van der Waals surface area contributed by atoms with Crippen molar-refractivity contribution < 1.29 is 9.59 Å².